The van der Waals surface area contributed by atoms with Crippen molar-refractivity contribution in [2.24, 2.45) is 0 Å². The van der Waals surface area contributed by atoms with Gasteiger partial charge in [-0.05, 0) is 29.3 Å². The number of hydrogen-bond acceptors (Lipinski definition) is 3. The number of rotatable bonds is 3. The third-order valence-corrected chi connectivity index (χ3v) is 4.51. The average molecular weight is 331 g/mol. The number of amides is 2. The minimum absolute atomic E-state index is 0.131. The lowest BCUT2D eigenvalue weighted by Crippen LogP contribution is -2.34. The van der Waals surface area contributed by atoms with Gasteiger partial charge in [-0.25, -0.2) is 0 Å². The first-order chi connectivity index (χ1) is 12.2. The summed E-state index contributed by atoms with van der Waals surface area (Å²) >= 11 is 0. The van der Waals surface area contributed by atoms with E-state index in [0.717, 1.165) is 22.0 Å². The molecule has 1 aliphatic rings. The van der Waals surface area contributed by atoms with Gasteiger partial charge >= 0.3 is 0 Å². The van der Waals surface area contributed by atoms with Crippen LogP contribution in [0.15, 0.2) is 60.8 Å². The van der Waals surface area contributed by atoms with Crippen LogP contribution < -0.4 is 10.6 Å². The van der Waals surface area contributed by atoms with Crippen LogP contribution in [0, 0.1) is 0 Å². The first kappa shape index (κ1) is 15.3. The Bertz CT molecular complexity index is 963. The highest BCUT2D eigenvalue weighted by atomic mass is 16.2. The van der Waals surface area contributed by atoms with E-state index < -0.39 is 5.92 Å². The van der Waals surface area contributed by atoms with Crippen LogP contribution in [0.25, 0.3) is 10.9 Å². The van der Waals surface area contributed by atoms with Gasteiger partial charge in [0, 0.05) is 30.2 Å². The normalized spacial score (nSPS) is 16.2. The van der Waals surface area contributed by atoms with E-state index in [1.165, 1.54) is 0 Å². The molecule has 1 aromatic heterocycles. The fourth-order valence-electron chi connectivity index (χ4n) is 3.26. The summed E-state index contributed by atoms with van der Waals surface area (Å²) in [7, 11) is 0. The van der Waals surface area contributed by atoms with Gasteiger partial charge in [0.1, 0.15) is 0 Å². The van der Waals surface area contributed by atoms with Crippen LogP contribution in [-0.2, 0) is 16.1 Å². The fraction of sp³-hybridized carbons (Fsp3) is 0.150. The average Bonchev–Trinajstić information content (AvgIpc) is 2.65. The molecule has 1 aliphatic heterocycles. The van der Waals surface area contributed by atoms with Crippen LogP contribution in [0.4, 0.5) is 5.69 Å². The number of hydrogen-bond donors (Lipinski definition) is 2. The Hall–Kier alpha value is -3.21. The van der Waals surface area contributed by atoms with Gasteiger partial charge in [0.05, 0.1) is 11.4 Å². The van der Waals surface area contributed by atoms with Crippen molar-refractivity contribution < 1.29 is 9.59 Å². The molecule has 2 amide bonds. The highest BCUT2D eigenvalue weighted by molar-refractivity contribution is 6.01. The van der Waals surface area contributed by atoms with E-state index in [9.17, 15) is 9.59 Å². The van der Waals surface area contributed by atoms with Gasteiger partial charge in [-0.2, -0.15) is 0 Å². The van der Waals surface area contributed by atoms with Crippen LogP contribution in [0.1, 0.15) is 23.5 Å². The van der Waals surface area contributed by atoms with E-state index in [-0.39, 0.29) is 18.2 Å². The van der Waals surface area contributed by atoms with E-state index in [2.05, 4.69) is 15.6 Å². The Balaban J connectivity index is 1.56. The van der Waals surface area contributed by atoms with Crippen molar-refractivity contribution in [2.45, 2.75) is 18.9 Å². The topological polar surface area (TPSA) is 71.1 Å². The van der Waals surface area contributed by atoms with Crippen LogP contribution in [0.3, 0.4) is 0 Å². The number of carbonyl (C=O) groups is 2. The van der Waals surface area contributed by atoms with Crippen molar-refractivity contribution in [3.8, 4) is 0 Å². The Labute approximate surface area is 145 Å². The first-order valence-electron chi connectivity index (χ1n) is 8.21. The van der Waals surface area contributed by atoms with Gasteiger partial charge in [0.25, 0.3) is 0 Å². The molecule has 124 valence electrons. The van der Waals surface area contributed by atoms with E-state index in [1.54, 1.807) is 6.20 Å². The number of nitrogens with zero attached hydrogens (tertiary/aromatic N) is 1. The molecule has 2 aromatic carbocycles. The molecule has 5 nitrogen and oxygen atoms in total. The van der Waals surface area contributed by atoms with Gasteiger partial charge in [0.15, 0.2) is 0 Å². The largest absolute Gasteiger partial charge is 0.351 e. The summed E-state index contributed by atoms with van der Waals surface area (Å²) < 4.78 is 0. The van der Waals surface area contributed by atoms with Gasteiger partial charge < -0.3 is 10.6 Å². The van der Waals surface area contributed by atoms with E-state index >= 15 is 0 Å². The van der Waals surface area contributed by atoms with E-state index in [0.29, 0.717) is 12.2 Å². The Morgan fingerprint density at radius 1 is 1.12 bits per heavy atom. The van der Waals surface area contributed by atoms with Gasteiger partial charge in [-0.15, -0.1) is 0 Å². The number of nitrogens with one attached hydrogen (secondary N) is 2. The zero-order chi connectivity index (χ0) is 17.2. The molecule has 1 atom stereocenters. The summed E-state index contributed by atoms with van der Waals surface area (Å²) in [5, 5.41) is 6.81. The van der Waals surface area contributed by atoms with Crippen LogP contribution in [0.2, 0.25) is 0 Å². The molecular weight excluding hydrogens is 314 g/mol. The SMILES string of the molecule is O=C1CC(C(=O)NCc2ccnc3ccccc23)c2ccccc2N1. The molecule has 0 aliphatic carbocycles. The Morgan fingerprint density at radius 3 is 2.84 bits per heavy atom. The molecule has 2 heterocycles. The van der Waals surface area contributed by atoms with Gasteiger partial charge in [-0.3, -0.25) is 14.6 Å². The van der Waals surface area contributed by atoms with Crippen LogP contribution >= 0.6 is 0 Å². The molecule has 5 heteroatoms. The van der Waals surface area contributed by atoms with Crippen molar-refractivity contribution >= 4 is 28.4 Å². The zero-order valence-corrected chi connectivity index (χ0v) is 13.5. The number of para-hydroxylation sites is 2. The highest BCUT2D eigenvalue weighted by Gasteiger charge is 2.30. The molecule has 0 saturated heterocycles. The van der Waals surface area contributed by atoms with Gasteiger partial charge in [0.2, 0.25) is 11.8 Å². The molecule has 1 unspecified atom stereocenters. The summed E-state index contributed by atoms with van der Waals surface area (Å²) in [4.78, 5) is 28.9. The minimum Gasteiger partial charge on any atom is -0.351 e. The summed E-state index contributed by atoms with van der Waals surface area (Å²) in [6.07, 6.45) is 1.91. The lowest BCUT2D eigenvalue weighted by atomic mass is 9.90. The summed E-state index contributed by atoms with van der Waals surface area (Å²) in [6, 6.07) is 17.2. The Kier molecular flexibility index (Phi) is 3.90. The van der Waals surface area contributed by atoms with Crippen LogP contribution in [-0.4, -0.2) is 16.8 Å². The highest BCUT2D eigenvalue weighted by Crippen LogP contribution is 2.32. The maximum absolute atomic E-state index is 12.7. The van der Waals surface area contributed by atoms with Crippen molar-refractivity contribution in [1.82, 2.24) is 10.3 Å². The second-order valence-electron chi connectivity index (χ2n) is 6.10. The van der Waals surface area contributed by atoms with Gasteiger partial charge in [-0.1, -0.05) is 36.4 Å². The Morgan fingerprint density at radius 2 is 1.92 bits per heavy atom. The number of anilines is 1. The molecule has 0 bridgehead atoms. The maximum Gasteiger partial charge on any atom is 0.228 e. The standard InChI is InChI=1S/C20H17N3O2/c24-19-11-16(15-6-2-4-8-18(15)23-19)20(25)22-12-13-9-10-21-17-7-3-1-5-14(13)17/h1-10,16H,11-12H2,(H,22,25)(H,23,24). The quantitative estimate of drug-likeness (QED) is 0.775. The summed E-state index contributed by atoms with van der Waals surface area (Å²) in [5.41, 5.74) is 3.48. The molecular formula is C20H17N3O2. The van der Waals surface area contributed by atoms with Crippen molar-refractivity contribution in [2.75, 3.05) is 5.32 Å². The van der Waals surface area contributed by atoms with E-state index in [4.69, 9.17) is 0 Å². The van der Waals surface area contributed by atoms with Crippen molar-refractivity contribution in [1.29, 1.82) is 0 Å². The summed E-state index contributed by atoms with van der Waals surface area (Å²) in [6.45, 7) is 0.405. The first-order valence-corrected chi connectivity index (χ1v) is 8.21. The number of fused-ring (bicyclic) bond motifs is 2. The van der Waals surface area contributed by atoms with Crippen molar-refractivity contribution in [3.63, 3.8) is 0 Å². The monoisotopic (exact) mass is 331 g/mol. The molecule has 3 aromatic rings. The molecule has 0 fully saturated rings. The maximum atomic E-state index is 12.7. The van der Waals surface area contributed by atoms with E-state index in [1.807, 2.05) is 54.6 Å². The fourth-order valence-corrected chi connectivity index (χ4v) is 3.26. The van der Waals surface area contributed by atoms with Crippen molar-refractivity contribution in [3.05, 3.63) is 71.9 Å². The van der Waals surface area contributed by atoms with Crippen LogP contribution in [0.5, 0.6) is 0 Å². The molecule has 25 heavy (non-hydrogen) atoms. The third kappa shape index (κ3) is 2.96. The number of pyridine rings is 1. The second-order valence-corrected chi connectivity index (χ2v) is 6.10. The molecule has 0 spiro atoms. The predicted molar refractivity (Wildman–Crippen MR) is 96.0 cm³/mol. The number of benzene rings is 2. The molecule has 2 N–H and O–H groups in total. The lowest BCUT2D eigenvalue weighted by Gasteiger charge is -2.24. The molecule has 0 saturated carbocycles. The lowest BCUT2D eigenvalue weighted by molar-refractivity contribution is -0.126. The third-order valence-electron chi connectivity index (χ3n) is 4.51. The zero-order valence-electron chi connectivity index (χ0n) is 13.5. The predicted octanol–water partition coefficient (Wildman–Crippen LogP) is 2.98. The smallest absolute Gasteiger partial charge is 0.228 e. The second kappa shape index (κ2) is 6.36. The molecule has 0 radical (unpaired) electrons. The summed E-state index contributed by atoms with van der Waals surface area (Å²) in [5.74, 6) is -0.727. The number of carbonyl (C=O) groups excluding carboxylic acids is 2. The number of aromatic nitrogens is 1. The minimum atomic E-state index is -0.460. The molecule has 4 rings (SSSR count).